The number of likely N-dealkylation sites (tertiary alicyclic amines) is 1. The highest BCUT2D eigenvalue weighted by Crippen LogP contribution is 2.15. The minimum Gasteiger partial charge on any atom is -0.389 e. The highest BCUT2D eigenvalue weighted by atomic mass is 35.5. The van der Waals surface area contributed by atoms with Gasteiger partial charge in [0.1, 0.15) is 0 Å². The Hall–Kier alpha value is -0.200. The number of β-amino-alcohol motifs (C(OH)–C–C–N with tert-alkyl or cyclic N) is 2. The van der Waals surface area contributed by atoms with E-state index < -0.39 is 12.2 Å². The van der Waals surface area contributed by atoms with Gasteiger partial charge in [0.25, 0.3) is 0 Å². The van der Waals surface area contributed by atoms with Gasteiger partial charge in [-0.1, -0.05) is 0 Å². The van der Waals surface area contributed by atoms with Gasteiger partial charge >= 0.3 is 0 Å². The van der Waals surface area contributed by atoms with Crippen LogP contribution in [0, 0.1) is 0 Å². The molecule has 2 rings (SSSR count). The summed E-state index contributed by atoms with van der Waals surface area (Å²) in [6, 6.07) is 0. The van der Waals surface area contributed by atoms with Crippen molar-refractivity contribution in [1.82, 2.24) is 9.88 Å². The van der Waals surface area contributed by atoms with Crippen LogP contribution in [0.1, 0.15) is 10.7 Å². The normalized spacial score (nSPS) is 26.4. The van der Waals surface area contributed by atoms with E-state index in [-0.39, 0.29) is 0 Å². The van der Waals surface area contributed by atoms with Crippen LogP contribution in [0.4, 0.5) is 0 Å². The molecular formula is C10H15ClN2O2S. The lowest BCUT2D eigenvalue weighted by molar-refractivity contribution is 0.0572. The highest BCUT2D eigenvalue weighted by Gasteiger charge is 2.28. The Morgan fingerprint density at radius 3 is 2.69 bits per heavy atom. The van der Waals surface area contributed by atoms with E-state index in [0.29, 0.717) is 19.0 Å². The van der Waals surface area contributed by atoms with Crippen molar-refractivity contribution in [3.8, 4) is 0 Å². The fourth-order valence-corrected chi connectivity index (χ4v) is 2.82. The molecule has 0 aliphatic carbocycles. The monoisotopic (exact) mass is 262 g/mol. The van der Waals surface area contributed by atoms with Crippen molar-refractivity contribution in [2.24, 2.45) is 0 Å². The number of aliphatic hydroxyl groups is 2. The summed E-state index contributed by atoms with van der Waals surface area (Å²) in [7, 11) is 0. The van der Waals surface area contributed by atoms with Crippen LogP contribution in [0.3, 0.4) is 0 Å². The standard InChI is InChI=1S/C10H15ClN2O2S/c11-3-7-6-16-10(12-7)1-2-13-4-8(14)9(15)5-13/h6,8-9,14-15H,1-5H2. The molecule has 1 aliphatic rings. The highest BCUT2D eigenvalue weighted by molar-refractivity contribution is 7.09. The summed E-state index contributed by atoms with van der Waals surface area (Å²) in [6.07, 6.45) is -0.356. The Morgan fingerprint density at radius 1 is 1.44 bits per heavy atom. The van der Waals surface area contributed by atoms with Crippen LogP contribution in [-0.2, 0) is 12.3 Å². The van der Waals surface area contributed by atoms with Crippen LogP contribution in [-0.4, -0.2) is 51.9 Å². The third kappa shape index (κ3) is 2.93. The van der Waals surface area contributed by atoms with Gasteiger partial charge in [0.2, 0.25) is 0 Å². The predicted molar refractivity (Wildman–Crippen MR) is 63.8 cm³/mol. The van der Waals surface area contributed by atoms with E-state index in [0.717, 1.165) is 23.7 Å². The second-order valence-electron chi connectivity index (χ2n) is 4.01. The van der Waals surface area contributed by atoms with Crippen LogP contribution in [0.5, 0.6) is 0 Å². The molecule has 0 radical (unpaired) electrons. The molecule has 0 bridgehead atoms. The molecule has 1 aliphatic heterocycles. The van der Waals surface area contributed by atoms with Crippen molar-refractivity contribution >= 4 is 22.9 Å². The summed E-state index contributed by atoms with van der Waals surface area (Å²) in [4.78, 5) is 6.42. The van der Waals surface area contributed by atoms with E-state index in [1.54, 1.807) is 11.3 Å². The summed E-state index contributed by atoms with van der Waals surface area (Å²) >= 11 is 7.29. The van der Waals surface area contributed by atoms with Crippen molar-refractivity contribution < 1.29 is 10.2 Å². The van der Waals surface area contributed by atoms with Crippen LogP contribution < -0.4 is 0 Å². The molecule has 2 atom stereocenters. The number of hydrogen-bond donors (Lipinski definition) is 2. The van der Waals surface area contributed by atoms with Gasteiger partial charge < -0.3 is 10.2 Å². The molecule has 16 heavy (non-hydrogen) atoms. The molecule has 6 heteroatoms. The molecule has 90 valence electrons. The first kappa shape index (κ1) is 12.3. The molecule has 1 aromatic heterocycles. The summed E-state index contributed by atoms with van der Waals surface area (Å²) in [5.74, 6) is 0.456. The molecule has 0 spiro atoms. The zero-order valence-electron chi connectivity index (χ0n) is 8.84. The first-order valence-electron chi connectivity index (χ1n) is 5.26. The van der Waals surface area contributed by atoms with Gasteiger partial charge in [-0.25, -0.2) is 4.98 Å². The van der Waals surface area contributed by atoms with Crippen LogP contribution >= 0.6 is 22.9 Å². The van der Waals surface area contributed by atoms with Gasteiger partial charge in [0, 0.05) is 31.4 Å². The van der Waals surface area contributed by atoms with Crippen LogP contribution in [0.25, 0.3) is 0 Å². The largest absolute Gasteiger partial charge is 0.389 e. The number of alkyl halides is 1. The van der Waals surface area contributed by atoms with Crippen molar-refractivity contribution in [1.29, 1.82) is 0 Å². The minimum atomic E-state index is -0.602. The summed E-state index contributed by atoms with van der Waals surface area (Å²) in [5.41, 5.74) is 0.920. The van der Waals surface area contributed by atoms with Crippen molar-refractivity contribution in [3.63, 3.8) is 0 Å². The zero-order valence-corrected chi connectivity index (χ0v) is 10.4. The predicted octanol–water partition coefficient (Wildman–Crippen LogP) is 0.462. The molecule has 2 unspecified atom stereocenters. The van der Waals surface area contributed by atoms with E-state index in [2.05, 4.69) is 9.88 Å². The topological polar surface area (TPSA) is 56.6 Å². The first-order valence-corrected chi connectivity index (χ1v) is 6.68. The number of halogens is 1. The lowest BCUT2D eigenvalue weighted by atomic mass is 10.3. The lowest BCUT2D eigenvalue weighted by Gasteiger charge is -2.12. The minimum absolute atomic E-state index is 0.456. The average molecular weight is 263 g/mol. The summed E-state index contributed by atoms with van der Waals surface area (Å²) in [5, 5.41) is 21.8. The first-order chi connectivity index (χ1) is 7.69. The lowest BCUT2D eigenvalue weighted by Crippen LogP contribution is -2.24. The Labute approximate surface area is 103 Å². The SMILES string of the molecule is OC1CN(CCc2nc(CCl)cs2)CC1O. The van der Waals surface area contributed by atoms with Gasteiger partial charge in [-0.3, -0.25) is 4.90 Å². The number of rotatable bonds is 4. The number of hydrogen-bond acceptors (Lipinski definition) is 5. The fraction of sp³-hybridized carbons (Fsp3) is 0.700. The summed E-state index contributed by atoms with van der Waals surface area (Å²) < 4.78 is 0. The molecule has 4 nitrogen and oxygen atoms in total. The van der Waals surface area contributed by atoms with E-state index in [1.165, 1.54) is 0 Å². The molecule has 0 amide bonds. The molecule has 1 aromatic rings. The number of nitrogens with zero attached hydrogens (tertiary/aromatic N) is 2. The Balaban J connectivity index is 1.79. The Morgan fingerprint density at radius 2 is 2.12 bits per heavy atom. The summed E-state index contributed by atoms with van der Waals surface area (Å²) in [6.45, 7) is 1.92. The van der Waals surface area contributed by atoms with E-state index in [1.807, 2.05) is 5.38 Å². The molecule has 1 saturated heterocycles. The average Bonchev–Trinajstić information content (AvgIpc) is 2.84. The van der Waals surface area contributed by atoms with Crippen molar-refractivity contribution in [3.05, 3.63) is 16.1 Å². The van der Waals surface area contributed by atoms with Gasteiger partial charge in [-0.2, -0.15) is 0 Å². The van der Waals surface area contributed by atoms with E-state index in [9.17, 15) is 10.2 Å². The third-order valence-electron chi connectivity index (χ3n) is 2.71. The van der Waals surface area contributed by atoms with Gasteiger partial charge in [0.15, 0.2) is 0 Å². The molecule has 2 heterocycles. The number of aliphatic hydroxyl groups excluding tert-OH is 2. The quantitative estimate of drug-likeness (QED) is 0.775. The van der Waals surface area contributed by atoms with Gasteiger partial charge in [-0.15, -0.1) is 22.9 Å². The second kappa shape index (κ2) is 5.42. The number of aromatic nitrogens is 1. The molecular weight excluding hydrogens is 248 g/mol. The number of thiazole rings is 1. The Bertz CT molecular complexity index is 337. The van der Waals surface area contributed by atoms with Crippen LogP contribution in [0.2, 0.25) is 0 Å². The Kier molecular flexibility index (Phi) is 4.16. The molecule has 0 saturated carbocycles. The van der Waals surface area contributed by atoms with Gasteiger partial charge in [0.05, 0.1) is 28.8 Å². The molecule has 1 fully saturated rings. The maximum atomic E-state index is 9.39. The van der Waals surface area contributed by atoms with E-state index in [4.69, 9.17) is 11.6 Å². The maximum absolute atomic E-state index is 9.39. The van der Waals surface area contributed by atoms with Crippen molar-refractivity contribution in [2.45, 2.75) is 24.5 Å². The smallest absolute Gasteiger partial charge is 0.0941 e. The van der Waals surface area contributed by atoms with Gasteiger partial charge in [-0.05, 0) is 0 Å². The second-order valence-corrected chi connectivity index (χ2v) is 5.22. The molecule has 0 aromatic carbocycles. The third-order valence-corrected chi connectivity index (χ3v) is 3.94. The zero-order chi connectivity index (χ0) is 11.5. The van der Waals surface area contributed by atoms with Crippen LogP contribution in [0.15, 0.2) is 5.38 Å². The van der Waals surface area contributed by atoms with E-state index >= 15 is 0 Å². The molecule has 2 N–H and O–H groups in total. The van der Waals surface area contributed by atoms with Crippen molar-refractivity contribution in [2.75, 3.05) is 19.6 Å². The maximum Gasteiger partial charge on any atom is 0.0941 e. The fourth-order valence-electron chi connectivity index (χ4n) is 1.81.